The van der Waals surface area contributed by atoms with Crippen molar-refractivity contribution in [2.24, 2.45) is 0 Å². The molecule has 0 fully saturated rings. The van der Waals surface area contributed by atoms with Crippen molar-refractivity contribution in [1.29, 1.82) is 0 Å². The van der Waals surface area contributed by atoms with Gasteiger partial charge in [0.2, 0.25) is 0 Å². The molecule has 0 saturated carbocycles. The Morgan fingerprint density at radius 3 is 2.63 bits per heavy atom. The summed E-state index contributed by atoms with van der Waals surface area (Å²) in [5.41, 5.74) is 5.69. The summed E-state index contributed by atoms with van der Waals surface area (Å²) in [6, 6.07) is 5.98. The first-order chi connectivity index (χ1) is 9.10. The highest BCUT2D eigenvalue weighted by Gasteiger charge is 2.16. The largest absolute Gasteiger partial charge is 0.316 e. The Labute approximate surface area is 119 Å². The highest BCUT2D eigenvalue weighted by Crippen LogP contribution is 2.27. The molecule has 1 N–H and O–H groups in total. The second-order valence-corrected chi connectivity index (χ2v) is 5.10. The number of halogens is 1. The topological polar surface area (TPSA) is 29.9 Å². The van der Waals surface area contributed by atoms with Crippen LogP contribution in [-0.2, 0) is 13.0 Å². The Morgan fingerprint density at radius 2 is 2.05 bits per heavy atom. The molecule has 0 amide bonds. The van der Waals surface area contributed by atoms with Crippen molar-refractivity contribution in [3.63, 3.8) is 0 Å². The van der Waals surface area contributed by atoms with Crippen LogP contribution in [0, 0.1) is 13.8 Å². The molecule has 102 valence electrons. The van der Waals surface area contributed by atoms with Gasteiger partial charge in [0, 0.05) is 12.2 Å². The monoisotopic (exact) mass is 277 g/mol. The standard InChI is InChI=1S/C15H20ClN3/c1-5-13-10(2)18-19(11(13)3)15-12(9-17-4)7-6-8-14(15)16/h6-8,17H,5,9H2,1-4H3. The number of aromatic nitrogens is 2. The van der Waals surface area contributed by atoms with Gasteiger partial charge in [-0.25, -0.2) is 4.68 Å². The molecule has 1 aromatic heterocycles. The molecule has 0 aliphatic heterocycles. The van der Waals surface area contributed by atoms with E-state index >= 15 is 0 Å². The molecule has 4 heteroatoms. The Hall–Kier alpha value is -1.32. The quantitative estimate of drug-likeness (QED) is 0.928. The van der Waals surface area contributed by atoms with Crippen molar-refractivity contribution in [1.82, 2.24) is 15.1 Å². The minimum Gasteiger partial charge on any atom is -0.316 e. The highest BCUT2D eigenvalue weighted by molar-refractivity contribution is 6.32. The lowest BCUT2D eigenvalue weighted by atomic mass is 10.1. The maximum Gasteiger partial charge on any atom is 0.0879 e. The smallest absolute Gasteiger partial charge is 0.0879 e. The summed E-state index contributed by atoms with van der Waals surface area (Å²) in [5, 5.41) is 8.57. The van der Waals surface area contributed by atoms with Crippen LogP contribution in [0.15, 0.2) is 18.2 Å². The van der Waals surface area contributed by atoms with Gasteiger partial charge in [0.15, 0.2) is 0 Å². The Balaban J connectivity index is 2.64. The number of hydrogen-bond donors (Lipinski definition) is 1. The van der Waals surface area contributed by atoms with E-state index in [0.717, 1.165) is 34.9 Å². The van der Waals surface area contributed by atoms with Gasteiger partial charge >= 0.3 is 0 Å². The fourth-order valence-electron chi connectivity index (χ4n) is 2.53. The van der Waals surface area contributed by atoms with Crippen molar-refractivity contribution in [3.8, 4) is 5.69 Å². The van der Waals surface area contributed by atoms with E-state index < -0.39 is 0 Å². The molecule has 19 heavy (non-hydrogen) atoms. The molecular weight excluding hydrogens is 258 g/mol. The molecule has 0 unspecified atom stereocenters. The minimum atomic E-state index is 0.737. The van der Waals surface area contributed by atoms with Gasteiger partial charge in [-0.05, 0) is 44.5 Å². The lowest BCUT2D eigenvalue weighted by Gasteiger charge is -2.13. The highest BCUT2D eigenvalue weighted by atomic mass is 35.5. The van der Waals surface area contributed by atoms with Crippen LogP contribution < -0.4 is 5.32 Å². The van der Waals surface area contributed by atoms with E-state index in [1.165, 1.54) is 11.3 Å². The fourth-order valence-corrected chi connectivity index (χ4v) is 2.81. The molecule has 1 aromatic carbocycles. The molecule has 1 heterocycles. The lowest BCUT2D eigenvalue weighted by Crippen LogP contribution is -2.11. The normalized spacial score (nSPS) is 11.0. The average molecular weight is 278 g/mol. The van der Waals surface area contributed by atoms with Crippen LogP contribution in [0.4, 0.5) is 0 Å². The third-order valence-electron chi connectivity index (χ3n) is 3.44. The van der Waals surface area contributed by atoms with Crippen molar-refractivity contribution >= 4 is 11.6 Å². The van der Waals surface area contributed by atoms with Crippen molar-refractivity contribution in [2.75, 3.05) is 7.05 Å². The summed E-state index contributed by atoms with van der Waals surface area (Å²) in [4.78, 5) is 0. The third-order valence-corrected chi connectivity index (χ3v) is 3.75. The SMILES string of the molecule is CCc1c(C)nn(-c2c(Cl)cccc2CNC)c1C. The number of rotatable bonds is 4. The fraction of sp³-hybridized carbons (Fsp3) is 0.400. The Morgan fingerprint density at radius 1 is 1.32 bits per heavy atom. The van der Waals surface area contributed by atoms with Crippen molar-refractivity contribution in [2.45, 2.75) is 33.7 Å². The number of para-hydroxylation sites is 1. The first-order valence-electron chi connectivity index (χ1n) is 6.57. The predicted octanol–water partition coefficient (Wildman–Crippen LogP) is 3.42. The Bertz CT molecular complexity index is 587. The number of nitrogens with one attached hydrogen (secondary N) is 1. The molecule has 0 bridgehead atoms. The van der Waals surface area contributed by atoms with Gasteiger partial charge in [-0.2, -0.15) is 5.10 Å². The molecule has 0 saturated heterocycles. The minimum absolute atomic E-state index is 0.737. The average Bonchev–Trinajstić information content (AvgIpc) is 2.65. The zero-order chi connectivity index (χ0) is 14.0. The molecule has 0 radical (unpaired) electrons. The molecule has 0 aliphatic rings. The number of nitrogens with zero attached hydrogens (tertiary/aromatic N) is 2. The van der Waals surface area contributed by atoms with Crippen LogP contribution in [0.1, 0.15) is 29.4 Å². The molecule has 2 aromatic rings. The first-order valence-corrected chi connectivity index (χ1v) is 6.95. The van der Waals surface area contributed by atoms with Crippen LogP contribution in [0.5, 0.6) is 0 Å². The summed E-state index contributed by atoms with van der Waals surface area (Å²) >= 11 is 6.39. The van der Waals surface area contributed by atoms with E-state index in [0.29, 0.717) is 0 Å². The van der Waals surface area contributed by atoms with E-state index in [2.05, 4.69) is 37.3 Å². The summed E-state index contributed by atoms with van der Waals surface area (Å²) < 4.78 is 1.98. The number of aryl methyl sites for hydroxylation is 1. The van der Waals surface area contributed by atoms with E-state index in [1.54, 1.807) is 0 Å². The van der Waals surface area contributed by atoms with Crippen LogP contribution >= 0.6 is 11.6 Å². The maximum absolute atomic E-state index is 6.39. The lowest BCUT2D eigenvalue weighted by molar-refractivity contribution is 0.775. The Kier molecular flexibility index (Phi) is 4.27. The van der Waals surface area contributed by atoms with Crippen LogP contribution in [0.2, 0.25) is 5.02 Å². The molecule has 2 rings (SSSR count). The zero-order valence-electron chi connectivity index (χ0n) is 11.9. The summed E-state index contributed by atoms with van der Waals surface area (Å²) in [5.74, 6) is 0. The van der Waals surface area contributed by atoms with Gasteiger partial charge in [0.25, 0.3) is 0 Å². The molecule has 0 atom stereocenters. The zero-order valence-corrected chi connectivity index (χ0v) is 12.7. The summed E-state index contributed by atoms with van der Waals surface area (Å²) in [6.07, 6.45) is 0.990. The van der Waals surface area contributed by atoms with E-state index in [4.69, 9.17) is 11.6 Å². The van der Waals surface area contributed by atoms with Gasteiger partial charge in [-0.3, -0.25) is 0 Å². The van der Waals surface area contributed by atoms with Crippen molar-refractivity contribution in [3.05, 3.63) is 45.7 Å². The molecule has 0 aliphatic carbocycles. The number of benzene rings is 1. The summed E-state index contributed by atoms with van der Waals surface area (Å²) in [7, 11) is 1.93. The van der Waals surface area contributed by atoms with E-state index in [-0.39, 0.29) is 0 Å². The van der Waals surface area contributed by atoms with Crippen LogP contribution in [0.25, 0.3) is 5.69 Å². The van der Waals surface area contributed by atoms with Crippen LogP contribution in [0.3, 0.4) is 0 Å². The van der Waals surface area contributed by atoms with Gasteiger partial charge < -0.3 is 5.32 Å². The summed E-state index contributed by atoms with van der Waals surface area (Å²) in [6.45, 7) is 7.08. The van der Waals surface area contributed by atoms with Gasteiger partial charge in [0.05, 0.1) is 16.4 Å². The van der Waals surface area contributed by atoms with E-state index in [9.17, 15) is 0 Å². The molecular formula is C15H20ClN3. The van der Waals surface area contributed by atoms with Crippen LogP contribution in [-0.4, -0.2) is 16.8 Å². The third kappa shape index (κ3) is 2.53. The van der Waals surface area contributed by atoms with E-state index in [1.807, 2.05) is 23.9 Å². The second kappa shape index (κ2) is 5.76. The number of hydrogen-bond acceptors (Lipinski definition) is 2. The van der Waals surface area contributed by atoms with Gasteiger partial charge in [0.1, 0.15) is 0 Å². The first kappa shape index (κ1) is 14.1. The predicted molar refractivity (Wildman–Crippen MR) is 80.2 cm³/mol. The molecule has 3 nitrogen and oxygen atoms in total. The van der Waals surface area contributed by atoms with Crippen molar-refractivity contribution < 1.29 is 0 Å². The van der Waals surface area contributed by atoms with Gasteiger partial charge in [-0.15, -0.1) is 0 Å². The second-order valence-electron chi connectivity index (χ2n) is 4.69. The van der Waals surface area contributed by atoms with Gasteiger partial charge in [-0.1, -0.05) is 30.7 Å². The maximum atomic E-state index is 6.39. The molecule has 0 spiro atoms.